The zero-order chi connectivity index (χ0) is 25.8. The molecule has 13 heteroatoms. The summed E-state index contributed by atoms with van der Waals surface area (Å²) in [5, 5.41) is 2.97. The Kier molecular flexibility index (Phi) is 6.64. The van der Waals surface area contributed by atoms with Crippen molar-refractivity contribution in [3.8, 4) is 0 Å². The molecule has 0 radical (unpaired) electrons. The second kappa shape index (κ2) is 9.47. The van der Waals surface area contributed by atoms with Gasteiger partial charge in [0.05, 0.1) is 28.8 Å². The van der Waals surface area contributed by atoms with Crippen molar-refractivity contribution in [1.29, 1.82) is 0 Å². The van der Waals surface area contributed by atoms with Crippen LogP contribution in [0, 0.1) is 11.6 Å². The first kappa shape index (κ1) is 25.2. The number of aromatic nitrogens is 2. The number of anilines is 1. The van der Waals surface area contributed by atoms with Crippen LogP contribution in [0.5, 0.6) is 0 Å². The van der Waals surface area contributed by atoms with Gasteiger partial charge in [-0.05, 0) is 18.2 Å². The number of methoxy groups -OCH3 is 1. The molecule has 5 rings (SSSR count). The number of thiol groups is 1. The predicted molar refractivity (Wildman–Crippen MR) is 129 cm³/mol. The smallest absolute Gasteiger partial charge is 0.379 e. The molecule has 2 aliphatic heterocycles. The number of piperazine rings is 1. The van der Waals surface area contributed by atoms with Crippen molar-refractivity contribution in [2.24, 2.45) is 0 Å². The molecule has 2 aromatic carbocycles. The average Bonchev–Trinajstić information content (AvgIpc) is 3.01. The molecule has 0 saturated carbocycles. The topological polar surface area (TPSA) is 59.4 Å². The highest BCUT2D eigenvalue weighted by Crippen LogP contribution is 2.53. The van der Waals surface area contributed by atoms with E-state index >= 15 is 4.39 Å². The highest BCUT2D eigenvalue weighted by Gasteiger charge is 2.36. The van der Waals surface area contributed by atoms with E-state index in [1.165, 1.54) is 11.7 Å². The van der Waals surface area contributed by atoms with Crippen LogP contribution < -0.4 is 15.9 Å². The van der Waals surface area contributed by atoms with Gasteiger partial charge in [-0.2, -0.15) is 29.1 Å². The lowest BCUT2D eigenvalue weighted by molar-refractivity contribution is -0.137. The van der Waals surface area contributed by atoms with Gasteiger partial charge in [0.25, 0.3) is 0 Å². The minimum absolute atomic E-state index is 0.0134. The molecular weight excluding hydrogens is 527 g/mol. The SMILES string of the molecule is CO[C@H]1Cn2c(=O)nc(N3CCNCC3)c3cc(C(F)(F)F)cc(c32)[SH](c2cc(Cl)c(F)cc2F)C1. The molecule has 1 saturated heterocycles. The first-order valence-corrected chi connectivity index (χ1v) is 13.0. The fourth-order valence-corrected chi connectivity index (χ4v) is 7.66. The van der Waals surface area contributed by atoms with Gasteiger partial charge in [0.1, 0.15) is 17.5 Å². The maximum Gasteiger partial charge on any atom is 0.416 e. The number of ether oxygens (including phenoxy) is 1. The van der Waals surface area contributed by atoms with Crippen LogP contribution in [0.1, 0.15) is 5.56 Å². The molecule has 3 aromatic rings. The lowest BCUT2D eigenvalue weighted by Crippen LogP contribution is -2.45. The first-order valence-electron chi connectivity index (χ1n) is 11.1. The zero-order valence-electron chi connectivity index (χ0n) is 19.0. The second-order valence-corrected chi connectivity index (χ2v) is 11.2. The highest BCUT2D eigenvalue weighted by molar-refractivity contribution is 8.17. The van der Waals surface area contributed by atoms with Gasteiger partial charge >= 0.3 is 11.9 Å². The van der Waals surface area contributed by atoms with Gasteiger partial charge in [-0.3, -0.25) is 4.57 Å². The summed E-state index contributed by atoms with van der Waals surface area (Å²) in [6.45, 7) is 2.09. The Bertz CT molecular complexity index is 1390. The molecule has 1 aromatic heterocycles. The number of halogens is 6. The lowest BCUT2D eigenvalue weighted by Gasteiger charge is -2.30. The van der Waals surface area contributed by atoms with Crippen LogP contribution >= 0.6 is 22.5 Å². The van der Waals surface area contributed by atoms with E-state index in [9.17, 15) is 22.4 Å². The quantitative estimate of drug-likeness (QED) is 0.292. The van der Waals surface area contributed by atoms with E-state index in [1.807, 2.05) is 0 Å². The summed E-state index contributed by atoms with van der Waals surface area (Å²) in [7, 11) is -0.458. The highest BCUT2D eigenvalue weighted by atomic mass is 35.5. The molecule has 0 amide bonds. The number of rotatable bonds is 3. The third-order valence-electron chi connectivity index (χ3n) is 6.45. The molecule has 2 atom stereocenters. The molecule has 3 heterocycles. The van der Waals surface area contributed by atoms with Crippen molar-refractivity contribution in [1.82, 2.24) is 14.9 Å². The van der Waals surface area contributed by atoms with Gasteiger partial charge in [0.15, 0.2) is 0 Å². The Balaban J connectivity index is 1.88. The summed E-state index contributed by atoms with van der Waals surface area (Å²) in [6, 6.07) is 3.69. The van der Waals surface area contributed by atoms with Gasteiger partial charge in [-0.15, -0.1) is 0 Å². The molecule has 36 heavy (non-hydrogen) atoms. The molecule has 194 valence electrons. The molecular formula is C23H22ClF5N4O2S. The van der Waals surface area contributed by atoms with Crippen LogP contribution in [0.25, 0.3) is 10.9 Å². The summed E-state index contributed by atoms with van der Waals surface area (Å²) in [4.78, 5) is 19.3. The average molecular weight is 549 g/mol. The number of alkyl halides is 3. The number of hydrogen-bond donors (Lipinski definition) is 2. The fourth-order valence-electron chi connectivity index (χ4n) is 4.70. The molecule has 0 aliphatic carbocycles. The summed E-state index contributed by atoms with van der Waals surface area (Å²) in [5.41, 5.74) is -1.32. The summed E-state index contributed by atoms with van der Waals surface area (Å²) in [6.07, 6.45) is -5.34. The summed E-state index contributed by atoms with van der Waals surface area (Å²) < 4.78 is 78.2. The molecule has 6 nitrogen and oxygen atoms in total. The third-order valence-corrected chi connectivity index (χ3v) is 9.36. The Hall–Kier alpha value is -2.41. The van der Waals surface area contributed by atoms with Crippen LogP contribution in [0.2, 0.25) is 5.02 Å². The Morgan fingerprint density at radius 1 is 1.11 bits per heavy atom. The van der Waals surface area contributed by atoms with E-state index in [2.05, 4.69) is 10.3 Å². The van der Waals surface area contributed by atoms with Crippen molar-refractivity contribution in [2.75, 3.05) is 43.9 Å². The van der Waals surface area contributed by atoms with E-state index in [4.69, 9.17) is 16.3 Å². The third kappa shape index (κ3) is 4.44. The number of nitrogens with zero attached hydrogens (tertiary/aromatic N) is 3. The zero-order valence-corrected chi connectivity index (χ0v) is 20.7. The Morgan fingerprint density at radius 3 is 2.50 bits per heavy atom. The van der Waals surface area contributed by atoms with Gasteiger partial charge in [-0.25, -0.2) is 13.6 Å². The molecule has 2 aliphatic rings. The maximum absolute atomic E-state index is 15.1. The van der Waals surface area contributed by atoms with Crippen molar-refractivity contribution in [3.05, 3.63) is 57.0 Å². The standard InChI is InChI=1S/C23H22ClF5N4O2S/c1-35-13-10-33-20-14(21(31-22(33)34)32-4-2-30-3-5-32)6-12(23(27,28)29)7-19(20)36(11-13)18-8-15(24)16(25)9-17(18)26/h6-9,13,30,36H,2-5,10-11H2,1H3/t13-/m0/s1. The van der Waals surface area contributed by atoms with E-state index in [-0.39, 0.29) is 43.8 Å². The van der Waals surface area contributed by atoms with Gasteiger partial charge in [0, 0.05) is 60.3 Å². The Morgan fingerprint density at radius 2 is 1.83 bits per heavy atom. The predicted octanol–water partition coefficient (Wildman–Crippen LogP) is 4.20. The molecule has 1 N–H and O–H groups in total. The normalized spacial score (nSPS) is 21.6. The summed E-state index contributed by atoms with van der Waals surface area (Å²) >= 11 is 5.95. The van der Waals surface area contributed by atoms with E-state index < -0.39 is 46.1 Å². The second-order valence-electron chi connectivity index (χ2n) is 8.64. The lowest BCUT2D eigenvalue weighted by atomic mass is 10.1. The molecule has 1 unspecified atom stereocenters. The van der Waals surface area contributed by atoms with Crippen molar-refractivity contribution >= 4 is 39.2 Å². The van der Waals surface area contributed by atoms with E-state index in [0.717, 1.165) is 18.2 Å². The molecule has 0 spiro atoms. The maximum atomic E-state index is 15.1. The van der Waals surface area contributed by atoms with Crippen molar-refractivity contribution < 1.29 is 26.7 Å². The number of nitrogens with one attached hydrogen (secondary N) is 1. The largest absolute Gasteiger partial charge is 0.416 e. The minimum Gasteiger partial charge on any atom is -0.379 e. The summed E-state index contributed by atoms with van der Waals surface area (Å²) in [5.74, 6) is -1.63. The number of benzene rings is 2. The first-order chi connectivity index (χ1) is 17.1. The fraction of sp³-hybridized carbons (Fsp3) is 0.391. The number of hydrogen-bond acceptors (Lipinski definition) is 5. The molecule has 1 fully saturated rings. The van der Waals surface area contributed by atoms with E-state index in [0.29, 0.717) is 32.2 Å². The van der Waals surface area contributed by atoms with Crippen LogP contribution in [-0.4, -0.2) is 54.7 Å². The van der Waals surface area contributed by atoms with Crippen LogP contribution in [-0.2, 0) is 17.5 Å². The minimum atomic E-state index is -4.71. The van der Waals surface area contributed by atoms with Crippen molar-refractivity contribution in [3.63, 3.8) is 0 Å². The molecule has 0 bridgehead atoms. The van der Waals surface area contributed by atoms with Gasteiger partial charge < -0.3 is 15.0 Å². The van der Waals surface area contributed by atoms with Crippen LogP contribution in [0.4, 0.5) is 27.8 Å². The van der Waals surface area contributed by atoms with Crippen molar-refractivity contribution in [2.45, 2.75) is 28.6 Å². The van der Waals surface area contributed by atoms with Crippen LogP contribution in [0.15, 0.2) is 38.9 Å². The van der Waals surface area contributed by atoms with Gasteiger partial charge in [0.2, 0.25) is 0 Å². The van der Waals surface area contributed by atoms with E-state index in [1.54, 1.807) is 4.90 Å². The Labute approximate surface area is 210 Å². The monoisotopic (exact) mass is 548 g/mol. The van der Waals surface area contributed by atoms with Crippen LogP contribution in [0.3, 0.4) is 0 Å². The van der Waals surface area contributed by atoms with Gasteiger partial charge in [-0.1, -0.05) is 11.6 Å².